The largest absolute Gasteiger partial charge is 0.487 e. The molecule has 1 saturated heterocycles. The molecule has 0 spiro atoms. The molecule has 0 bridgehead atoms. The number of hydrogen-bond donors (Lipinski definition) is 1. The molecule has 1 amide bonds. The fourth-order valence-electron chi connectivity index (χ4n) is 3.70. The van der Waals surface area contributed by atoms with E-state index >= 15 is 0 Å². The lowest BCUT2D eigenvalue weighted by atomic mass is 10.1. The third-order valence-corrected chi connectivity index (χ3v) is 5.36. The second kappa shape index (κ2) is 8.61. The van der Waals surface area contributed by atoms with Crippen molar-refractivity contribution in [1.82, 2.24) is 19.8 Å². The van der Waals surface area contributed by atoms with Crippen molar-refractivity contribution in [2.45, 2.75) is 25.5 Å². The Bertz CT molecular complexity index is 995. The molecule has 0 saturated carbocycles. The first-order valence-electron chi connectivity index (χ1n) is 9.91. The average Bonchev–Trinajstić information content (AvgIpc) is 3.06. The number of halogens is 1. The van der Waals surface area contributed by atoms with Crippen molar-refractivity contribution in [1.29, 1.82) is 0 Å². The minimum atomic E-state index is -0.337. The number of para-hydroxylation sites is 3. The Morgan fingerprint density at radius 1 is 1.17 bits per heavy atom. The van der Waals surface area contributed by atoms with Gasteiger partial charge in [-0.3, -0.25) is 9.69 Å². The number of nitrogens with one attached hydrogen (secondary N) is 1. The topological polar surface area (TPSA) is 59.4 Å². The second-order valence-corrected chi connectivity index (χ2v) is 7.38. The van der Waals surface area contributed by atoms with Gasteiger partial charge in [0.25, 0.3) is 0 Å². The van der Waals surface area contributed by atoms with Crippen LogP contribution in [0.1, 0.15) is 18.7 Å². The molecule has 152 valence electrons. The number of benzene rings is 2. The van der Waals surface area contributed by atoms with Crippen molar-refractivity contribution in [3.05, 3.63) is 60.2 Å². The Morgan fingerprint density at radius 3 is 2.66 bits per heavy atom. The van der Waals surface area contributed by atoms with Crippen LogP contribution in [-0.4, -0.2) is 46.1 Å². The predicted molar refractivity (Wildman–Crippen MR) is 109 cm³/mol. The van der Waals surface area contributed by atoms with Gasteiger partial charge in [0.05, 0.1) is 24.1 Å². The van der Waals surface area contributed by atoms with Crippen molar-refractivity contribution in [2.24, 2.45) is 7.05 Å². The Kier molecular flexibility index (Phi) is 5.76. The first-order valence-corrected chi connectivity index (χ1v) is 9.91. The molecule has 0 aliphatic carbocycles. The Morgan fingerprint density at radius 2 is 1.90 bits per heavy atom. The summed E-state index contributed by atoms with van der Waals surface area (Å²) < 4.78 is 21.5. The van der Waals surface area contributed by atoms with Crippen LogP contribution < -0.4 is 10.1 Å². The third-order valence-electron chi connectivity index (χ3n) is 5.36. The number of carbonyl (C=O) groups excluding carboxylic acids is 1. The fourth-order valence-corrected chi connectivity index (χ4v) is 3.70. The van der Waals surface area contributed by atoms with E-state index in [1.165, 1.54) is 6.07 Å². The number of imidazole rings is 1. The predicted octanol–water partition coefficient (Wildman–Crippen LogP) is 2.87. The molecule has 1 fully saturated rings. The van der Waals surface area contributed by atoms with E-state index < -0.39 is 0 Å². The highest BCUT2D eigenvalue weighted by molar-refractivity contribution is 5.78. The van der Waals surface area contributed by atoms with E-state index in [9.17, 15) is 9.18 Å². The molecule has 2 heterocycles. The van der Waals surface area contributed by atoms with Crippen LogP contribution in [0.4, 0.5) is 4.39 Å². The van der Waals surface area contributed by atoms with Gasteiger partial charge in [-0.2, -0.15) is 0 Å². The molecule has 3 aromatic rings. The number of aromatic nitrogens is 2. The van der Waals surface area contributed by atoms with Crippen molar-refractivity contribution < 1.29 is 13.9 Å². The molecule has 1 aliphatic heterocycles. The molecule has 1 N–H and O–H groups in total. The number of aryl methyl sites for hydroxylation is 1. The highest BCUT2D eigenvalue weighted by Crippen LogP contribution is 2.21. The first kappa shape index (κ1) is 19.4. The van der Waals surface area contributed by atoms with Crippen LogP contribution in [0.5, 0.6) is 5.75 Å². The highest BCUT2D eigenvalue weighted by atomic mass is 19.1. The van der Waals surface area contributed by atoms with Crippen molar-refractivity contribution in [2.75, 3.05) is 19.6 Å². The van der Waals surface area contributed by atoms with Crippen LogP contribution in [0.3, 0.4) is 0 Å². The number of fused-ring (bicyclic) bond motifs is 1. The van der Waals surface area contributed by atoms with Gasteiger partial charge in [0.2, 0.25) is 5.91 Å². The smallest absolute Gasteiger partial charge is 0.234 e. The first-order chi connectivity index (χ1) is 14.1. The Balaban J connectivity index is 1.23. The van der Waals surface area contributed by atoms with Crippen molar-refractivity contribution in [3.63, 3.8) is 0 Å². The maximum Gasteiger partial charge on any atom is 0.234 e. The van der Waals surface area contributed by atoms with Crippen LogP contribution in [-0.2, 0) is 18.4 Å². The van der Waals surface area contributed by atoms with Crippen LogP contribution in [0.25, 0.3) is 11.0 Å². The van der Waals surface area contributed by atoms with Crippen molar-refractivity contribution >= 4 is 16.9 Å². The molecule has 7 heteroatoms. The van der Waals surface area contributed by atoms with Gasteiger partial charge in [-0.25, -0.2) is 9.37 Å². The summed E-state index contributed by atoms with van der Waals surface area (Å²) in [6, 6.07) is 14.4. The van der Waals surface area contributed by atoms with Crippen molar-refractivity contribution in [3.8, 4) is 5.75 Å². The second-order valence-electron chi connectivity index (χ2n) is 7.38. The average molecular weight is 396 g/mol. The molecule has 1 aromatic heterocycles. The molecule has 4 rings (SSSR count). The van der Waals surface area contributed by atoms with E-state index in [-0.39, 0.29) is 17.8 Å². The molecular formula is C22H25FN4O2. The molecule has 6 nitrogen and oxygen atoms in total. The summed E-state index contributed by atoms with van der Waals surface area (Å²) in [7, 11) is 1.96. The number of carbonyl (C=O) groups is 1. The normalized spacial score (nSPS) is 15.5. The molecule has 2 aromatic carbocycles. The summed E-state index contributed by atoms with van der Waals surface area (Å²) in [4.78, 5) is 19.0. The van der Waals surface area contributed by atoms with Crippen LogP contribution in [0.15, 0.2) is 48.5 Å². The summed E-state index contributed by atoms with van der Waals surface area (Å²) >= 11 is 0. The Hall–Kier alpha value is -2.93. The summed E-state index contributed by atoms with van der Waals surface area (Å²) in [5.74, 6) is 0.768. The summed E-state index contributed by atoms with van der Waals surface area (Å²) in [5.41, 5.74) is 1.98. The zero-order valence-corrected chi connectivity index (χ0v) is 16.5. The molecule has 0 radical (unpaired) electrons. The summed E-state index contributed by atoms with van der Waals surface area (Å²) in [5, 5.41) is 2.96. The van der Waals surface area contributed by atoms with Gasteiger partial charge < -0.3 is 14.6 Å². The van der Waals surface area contributed by atoms with Gasteiger partial charge in [-0.15, -0.1) is 0 Å². The molecule has 0 unspecified atom stereocenters. The van der Waals surface area contributed by atoms with E-state index in [1.807, 2.05) is 35.9 Å². The Labute approximate surface area is 169 Å². The number of hydrogen-bond acceptors (Lipinski definition) is 4. The number of piperidine rings is 1. The summed E-state index contributed by atoms with van der Waals surface area (Å²) in [6.45, 7) is 2.24. The number of ether oxygens (including phenoxy) is 1. The minimum Gasteiger partial charge on any atom is -0.487 e. The number of likely N-dealkylation sites (tertiary alicyclic amines) is 1. The maximum absolute atomic E-state index is 13.7. The van der Waals surface area contributed by atoms with Gasteiger partial charge in [0, 0.05) is 20.1 Å². The van der Waals surface area contributed by atoms with E-state index in [2.05, 4.69) is 15.2 Å². The van der Waals surface area contributed by atoms with Gasteiger partial charge in [-0.05, 0) is 37.1 Å². The number of amides is 1. The molecule has 1 aliphatic rings. The lowest BCUT2D eigenvalue weighted by molar-refractivity contribution is -0.122. The number of nitrogens with zero attached hydrogens (tertiary/aromatic N) is 3. The van der Waals surface area contributed by atoms with E-state index in [0.717, 1.165) is 42.8 Å². The van der Waals surface area contributed by atoms with Crippen LogP contribution in [0.2, 0.25) is 0 Å². The van der Waals surface area contributed by atoms with Gasteiger partial charge in [0.15, 0.2) is 11.6 Å². The summed E-state index contributed by atoms with van der Waals surface area (Å²) in [6.07, 6.45) is 1.52. The molecular weight excluding hydrogens is 371 g/mol. The monoisotopic (exact) mass is 396 g/mol. The lowest BCUT2D eigenvalue weighted by Gasteiger charge is -2.31. The van der Waals surface area contributed by atoms with E-state index in [4.69, 9.17) is 4.74 Å². The maximum atomic E-state index is 13.7. The highest BCUT2D eigenvalue weighted by Gasteiger charge is 2.23. The van der Waals surface area contributed by atoms with E-state index in [1.54, 1.807) is 18.2 Å². The molecule has 29 heavy (non-hydrogen) atoms. The lowest BCUT2D eigenvalue weighted by Crippen LogP contribution is -2.43. The van der Waals surface area contributed by atoms with Gasteiger partial charge >= 0.3 is 0 Å². The quantitative estimate of drug-likeness (QED) is 0.696. The van der Waals surface area contributed by atoms with Crippen LogP contribution >= 0.6 is 0 Å². The van der Waals surface area contributed by atoms with Gasteiger partial charge in [0.1, 0.15) is 11.9 Å². The van der Waals surface area contributed by atoms with Crippen LogP contribution in [0, 0.1) is 5.82 Å². The standard InChI is InChI=1S/C22H25FN4O2/c1-26-19-8-4-3-7-18(19)25-21(26)14-24-22(28)15-27-12-10-16(11-13-27)29-20-9-5-2-6-17(20)23/h2-9,16H,10-15H2,1H3,(H,24,28). The fraction of sp³-hybridized carbons (Fsp3) is 0.364. The third kappa shape index (κ3) is 4.56. The molecule has 0 atom stereocenters. The van der Waals surface area contributed by atoms with Gasteiger partial charge in [-0.1, -0.05) is 24.3 Å². The minimum absolute atomic E-state index is 0.0220. The van der Waals surface area contributed by atoms with E-state index in [0.29, 0.717) is 18.8 Å². The SMILES string of the molecule is Cn1c(CNC(=O)CN2CCC(Oc3ccccc3F)CC2)nc2ccccc21. The zero-order valence-electron chi connectivity index (χ0n) is 16.5. The zero-order chi connectivity index (χ0) is 20.2. The number of rotatable bonds is 6.